The summed E-state index contributed by atoms with van der Waals surface area (Å²) in [4.78, 5) is 6.63. The summed E-state index contributed by atoms with van der Waals surface area (Å²) in [5.74, 6) is 1.85. The maximum absolute atomic E-state index is 5.19. The Morgan fingerprint density at radius 1 is 1.19 bits per heavy atom. The smallest absolute Gasteiger partial charge is 0.130 e. The van der Waals surface area contributed by atoms with Crippen LogP contribution in [0.25, 0.3) is 0 Å². The van der Waals surface area contributed by atoms with Crippen LogP contribution in [-0.4, -0.2) is 25.7 Å². The maximum atomic E-state index is 5.19. The third-order valence-electron chi connectivity index (χ3n) is 3.35. The lowest BCUT2D eigenvalue weighted by molar-refractivity contribution is 0.415. The molecular formula is C17H23N3O. The summed E-state index contributed by atoms with van der Waals surface area (Å²) in [5.41, 5.74) is 2.35. The van der Waals surface area contributed by atoms with Crippen molar-refractivity contribution < 1.29 is 4.74 Å². The number of ether oxygens (including phenoxy) is 1. The number of nitrogens with zero attached hydrogens (tertiary/aromatic N) is 2. The molecule has 0 atom stereocenters. The van der Waals surface area contributed by atoms with Crippen molar-refractivity contribution in [2.24, 2.45) is 0 Å². The normalized spacial score (nSPS) is 10.2. The molecule has 21 heavy (non-hydrogen) atoms. The van der Waals surface area contributed by atoms with Crippen LogP contribution in [0.1, 0.15) is 18.9 Å². The van der Waals surface area contributed by atoms with Gasteiger partial charge in [0.2, 0.25) is 0 Å². The van der Waals surface area contributed by atoms with Crippen LogP contribution in [-0.2, 0) is 6.54 Å². The standard InChI is InChI=1S/C17H23N3O/c1-4-11-18-17-14(6-5-12-19-17)13-20(2)15-7-9-16(21-3)10-8-15/h5-10,12H,4,11,13H2,1-3H3,(H,18,19). The first kappa shape index (κ1) is 15.2. The molecule has 0 saturated heterocycles. The summed E-state index contributed by atoms with van der Waals surface area (Å²) in [6, 6.07) is 12.2. The number of hydrogen-bond acceptors (Lipinski definition) is 4. The Hall–Kier alpha value is -2.23. The summed E-state index contributed by atoms with van der Waals surface area (Å²) >= 11 is 0. The van der Waals surface area contributed by atoms with E-state index in [2.05, 4.69) is 47.4 Å². The summed E-state index contributed by atoms with van der Waals surface area (Å²) in [6.07, 6.45) is 2.92. The van der Waals surface area contributed by atoms with Crippen molar-refractivity contribution in [3.8, 4) is 5.75 Å². The molecular weight excluding hydrogens is 262 g/mol. The third-order valence-corrected chi connectivity index (χ3v) is 3.35. The lowest BCUT2D eigenvalue weighted by Crippen LogP contribution is -2.18. The Morgan fingerprint density at radius 2 is 1.95 bits per heavy atom. The van der Waals surface area contributed by atoms with E-state index in [-0.39, 0.29) is 0 Å². The first-order chi connectivity index (χ1) is 10.2. The van der Waals surface area contributed by atoms with Gasteiger partial charge in [0.25, 0.3) is 0 Å². The van der Waals surface area contributed by atoms with Gasteiger partial charge in [0.15, 0.2) is 0 Å². The van der Waals surface area contributed by atoms with E-state index in [1.807, 2.05) is 24.4 Å². The van der Waals surface area contributed by atoms with Crippen LogP contribution >= 0.6 is 0 Å². The van der Waals surface area contributed by atoms with Gasteiger partial charge in [0.1, 0.15) is 11.6 Å². The minimum Gasteiger partial charge on any atom is -0.497 e. The molecule has 0 saturated carbocycles. The summed E-state index contributed by atoms with van der Waals surface area (Å²) in [5, 5.41) is 3.38. The van der Waals surface area contributed by atoms with Crippen molar-refractivity contribution in [1.82, 2.24) is 4.98 Å². The Balaban J connectivity index is 2.09. The molecule has 112 valence electrons. The quantitative estimate of drug-likeness (QED) is 0.844. The number of nitrogens with one attached hydrogen (secondary N) is 1. The fraction of sp³-hybridized carbons (Fsp3) is 0.353. The predicted molar refractivity (Wildman–Crippen MR) is 88.1 cm³/mol. The number of hydrogen-bond donors (Lipinski definition) is 1. The average Bonchev–Trinajstić information content (AvgIpc) is 2.54. The van der Waals surface area contributed by atoms with Gasteiger partial charge in [-0.1, -0.05) is 13.0 Å². The first-order valence-electron chi connectivity index (χ1n) is 7.27. The fourth-order valence-electron chi connectivity index (χ4n) is 2.15. The van der Waals surface area contributed by atoms with Crippen molar-refractivity contribution in [1.29, 1.82) is 0 Å². The van der Waals surface area contributed by atoms with E-state index in [9.17, 15) is 0 Å². The minimum absolute atomic E-state index is 0.812. The molecule has 2 rings (SSSR count). The second-order valence-corrected chi connectivity index (χ2v) is 4.99. The van der Waals surface area contributed by atoms with Gasteiger partial charge in [-0.05, 0) is 36.8 Å². The van der Waals surface area contributed by atoms with Gasteiger partial charge in [-0.2, -0.15) is 0 Å². The molecule has 0 aliphatic carbocycles. The molecule has 1 aromatic heterocycles. The van der Waals surface area contributed by atoms with Gasteiger partial charge in [0.05, 0.1) is 7.11 Å². The molecule has 0 spiro atoms. The van der Waals surface area contributed by atoms with E-state index < -0.39 is 0 Å². The van der Waals surface area contributed by atoms with Crippen LogP contribution in [0.15, 0.2) is 42.6 Å². The minimum atomic E-state index is 0.812. The van der Waals surface area contributed by atoms with Crippen LogP contribution in [0.2, 0.25) is 0 Å². The number of anilines is 2. The summed E-state index contributed by atoms with van der Waals surface area (Å²) < 4.78 is 5.19. The van der Waals surface area contributed by atoms with Gasteiger partial charge in [-0.25, -0.2) is 4.98 Å². The summed E-state index contributed by atoms with van der Waals surface area (Å²) in [6.45, 7) is 3.90. The Bertz CT molecular complexity index is 554. The largest absolute Gasteiger partial charge is 0.497 e. The zero-order chi connectivity index (χ0) is 15.1. The SMILES string of the molecule is CCCNc1ncccc1CN(C)c1ccc(OC)cc1. The lowest BCUT2D eigenvalue weighted by Gasteiger charge is -2.21. The highest BCUT2D eigenvalue weighted by Gasteiger charge is 2.07. The van der Waals surface area contributed by atoms with E-state index in [0.717, 1.165) is 36.8 Å². The van der Waals surface area contributed by atoms with Gasteiger partial charge in [-0.3, -0.25) is 0 Å². The van der Waals surface area contributed by atoms with Crippen molar-refractivity contribution in [2.75, 3.05) is 30.9 Å². The van der Waals surface area contributed by atoms with E-state index >= 15 is 0 Å². The lowest BCUT2D eigenvalue weighted by atomic mass is 10.2. The highest BCUT2D eigenvalue weighted by molar-refractivity contribution is 5.51. The van der Waals surface area contributed by atoms with Crippen LogP contribution in [0, 0.1) is 0 Å². The van der Waals surface area contributed by atoms with Crippen LogP contribution in [0.5, 0.6) is 5.75 Å². The molecule has 0 bridgehead atoms. The molecule has 4 nitrogen and oxygen atoms in total. The molecule has 1 N–H and O–H groups in total. The summed E-state index contributed by atoms with van der Waals surface area (Å²) in [7, 11) is 3.76. The molecule has 1 heterocycles. The van der Waals surface area contributed by atoms with Crippen molar-refractivity contribution in [3.05, 3.63) is 48.2 Å². The molecule has 0 fully saturated rings. The molecule has 0 aliphatic heterocycles. The van der Waals surface area contributed by atoms with Crippen LogP contribution < -0.4 is 15.0 Å². The molecule has 1 aromatic carbocycles. The fourth-order valence-corrected chi connectivity index (χ4v) is 2.15. The van der Waals surface area contributed by atoms with Gasteiger partial charge in [0, 0.05) is 37.6 Å². The molecule has 0 radical (unpaired) electrons. The Labute approximate surface area is 126 Å². The zero-order valence-corrected chi connectivity index (χ0v) is 13.0. The zero-order valence-electron chi connectivity index (χ0n) is 13.0. The third kappa shape index (κ3) is 4.12. The Kier molecular flexibility index (Phi) is 5.43. The van der Waals surface area contributed by atoms with E-state index in [1.165, 1.54) is 5.56 Å². The topological polar surface area (TPSA) is 37.4 Å². The molecule has 4 heteroatoms. The number of pyridine rings is 1. The van der Waals surface area contributed by atoms with Gasteiger partial charge >= 0.3 is 0 Å². The Morgan fingerprint density at radius 3 is 2.62 bits per heavy atom. The molecule has 0 unspecified atom stereocenters. The maximum Gasteiger partial charge on any atom is 0.130 e. The highest BCUT2D eigenvalue weighted by atomic mass is 16.5. The second kappa shape index (κ2) is 7.53. The van der Waals surface area contributed by atoms with Gasteiger partial charge < -0.3 is 15.0 Å². The average molecular weight is 285 g/mol. The number of aromatic nitrogens is 1. The monoisotopic (exact) mass is 285 g/mol. The van der Waals surface area contributed by atoms with E-state index in [4.69, 9.17) is 4.74 Å². The van der Waals surface area contributed by atoms with Gasteiger partial charge in [-0.15, -0.1) is 0 Å². The predicted octanol–water partition coefficient (Wildman–Crippen LogP) is 3.55. The number of methoxy groups -OCH3 is 1. The van der Waals surface area contributed by atoms with E-state index in [0.29, 0.717) is 0 Å². The first-order valence-corrected chi connectivity index (χ1v) is 7.27. The van der Waals surface area contributed by atoms with Crippen LogP contribution in [0.3, 0.4) is 0 Å². The van der Waals surface area contributed by atoms with Crippen molar-refractivity contribution >= 4 is 11.5 Å². The second-order valence-electron chi connectivity index (χ2n) is 4.99. The van der Waals surface area contributed by atoms with Crippen molar-refractivity contribution in [2.45, 2.75) is 19.9 Å². The van der Waals surface area contributed by atoms with Crippen LogP contribution in [0.4, 0.5) is 11.5 Å². The van der Waals surface area contributed by atoms with Crippen molar-refractivity contribution in [3.63, 3.8) is 0 Å². The highest BCUT2D eigenvalue weighted by Crippen LogP contribution is 2.21. The number of rotatable bonds is 7. The molecule has 0 amide bonds. The molecule has 2 aromatic rings. The molecule has 0 aliphatic rings. The number of benzene rings is 1. The van der Waals surface area contributed by atoms with E-state index in [1.54, 1.807) is 7.11 Å².